The van der Waals surface area contributed by atoms with E-state index < -0.39 is 0 Å². The molecule has 6 heteroatoms. The van der Waals surface area contributed by atoms with Gasteiger partial charge >= 0.3 is 0 Å². The Bertz CT molecular complexity index is 643. The molecule has 4 rings (SSSR count). The van der Waals surface area contributed by atoms with Gasteiger partial charge in [-0.3, -0.25) is 14.6 Å². The molecule has 0 radical (unpaired) electrons. The molecule has 0 N–H and O–H groups in total. The summed E-state index contributed by atoms with van der Waals surface area (Å²) in [6.45, 7) is 2.93. The topological polar surface area (TPSA) is 62.7 Å². The molecule has 1 aromatic rings. The van der Waals surface area contributed by atoms with Crippen molar-refractivity contribution in [2.24, 2.45) is 5.92 Å². The van der Waals surface area contributed by atoms with Gasteiger partial charge < -0.3 is 14.5 Å². The number of morpholine rings is 1. The molecule has 2 saturated heterocycles. The largest absolute Gasteiger partial charge is 0.371 e. The van der Waals surface area contributed by atoms with Crippen molar-refractivity contribution in [1.82, 2.24) is 14.8 Å². The maximum Gasteiger partial charge on any atom is 0.228 e. The summed E-state index contributed by atoms with van der Waals surface area (Å²) in [6, 6.07) is 5.69. The summed E-state index contributed by atoms with van der Waals surface area (Å²) >= 11 is 0. The van der Waals surface area contributed by atoms with Crippen LogP contribution in [0.25, 0.3) is 0 Å². The number of carbonyl (C=O) groups excluding carboxylic acids is 2. The van der Waals surface area contributed by atoms with Gasteiger partial charge in [-0.2, -0.15) is 0 Å². The summed E-state index contributed by atoms with van der Waals surface area (Å²) in [5, 5.41) is 0. The molecular weight excluding hydrogens is 318 g/mol. The van der Waals surface area contributed by atoms with E-state index in [4.69, 9.17) is 4.74 Å². The highest BCUT2D eigenvalue weighted by atomic mass is 16.5. The van der Waals surface area contributed by atoms with Crippen LogP contribution in [0.4, 0.5) is 0 Å². The van der Waals surface area contributed by atoms with E-state index in [0.29, 0.717) is 39.2 Å². The number of carbonyl (C=O) groups is 2. The first-order chi connectivity index (χ1) is 12.2. The van der Waals surface area contributed by atoms with Crippen molar-refractivity contribution in [2.75, 3.05) is 26.2 Å². The zero-order valence-electron chi connectivity index (χ0n) is 14.5. The van der Waals surface area contributed by atoms with Crippen molar-refractivity contribution in [3.8, 4) is 0 Å². The Labute approximate surface area is 148 Å². The van der Waals surface area contributed by atoms with Crippen molar-refractivity contribution < 1.29 is 14.3 Å². The van der Waals surface area contributed by atoms with Crippen molar-refractivity contribution in [1.29, 1.82) is 0 Å². The van der Waals surface area contributed by atoms with E-state index in [1.165, 1.54) is 12.8 Å². The van der Waals surface area contributed by atoms with Gasteiger partial charge in [-0.1, -0.05) is 18.9 Å². The quantitative estimate of drug-likeness (QED) is 0.836. The van der Waals surface area contributed by atoms with Crippen LogP contribution in [-0.4, -0.2) is 58.4 Å². The summed E-state index contributed by atoms with van der Waals surface area (Å²) in [6.07, 6.45) is 6.51. The predicted molar refractivity (Wildman–Crippen MR) is 91.5 cm³/mol. The van der Waals surface area contributed by atoms with E-state index >= 15 is 0 Å². The lowest BCUT2D eigenvalue weighted by molar-refractivity contribution is -0.153. The molecule has 3 heterocycles. The van der Waals surface area contributed by atoms with Gasteiger partial charge in [0, 0.05) is 32.3 Å². The summed E-state index contributed by atoms with van der Waals surface area (Å²) < 4.78 is 6.01. The standard InChI is InChI=1S/C19H25N3O3/c23-17-11-15(12-22(17)13-16-5-1-4-8-20-16)18(24)21-9-10-25-19(14-21)6-2-3-7-19/h1,4-5,8,15H,2-3,6-7,9-14H2/t15-/m1/s1. The third kappa shape index (κ3) is 3.40. The zero-order chi connectivity index (χ0) is 17.3. The van der Waals surface area contributed by atoms with Crippen molar-refractivity contribution in [3.63, 3.8) is 0 Å². The fourth-order valence-corrected chi connectivity index (χ4v) is 4.39. The highest BCUT2D eigenvalue weighted by Crippen LogP contribution is 2.36. The van der Waals surface area contributed by atoms with E-state index in [0.717, 1.165) is 18.5 Å². The number of rotatable bonds is 3. The average Bonchev–Trinajstić information content (AvgIpc) is 3.22. The van der Waals surface area contributed by atoms with Gasteiger partial charge in [0.25, 0.3) is 0 Å². The first-order valence-corrected chi connectivity index (χ1v) is 9.26. The second-order valence-corrected chi connectivity index (χ2v) is 7.49. The fourth-order valence-electron chi connectivity index (χ4n) is 4.39. The van der Waals surface area contributed by atoms with Gasteiger partial charge in [-0.15, -0.1) is 0 Å². The second kappa shape index (κ2) is 6.75. The van der Waals surface area contributed by atoms with Crippen LogP contribution in [-0.2, 0) is 20.9 Å². The minimum Gasteiger partial charge on any atom is -0.371 e. The fraction of sp³-hybridized carbons (Fsp3) is 0.632. The molecule has 0 unspecified atom stereocenters. The summed E-state index contributed by atoms with van der Waals surface area (Å²) in [7, 11) is 0. The van der Waals surface area contributed by atoms with E-state index in [1.807, 2.05) is 23.1 Å². The Morgan fingerprint density at radius 2 is 2.16 bits per heavy atom. The zero-order valence-corrected chi connectivity index (χ0v) is 14.5. The number of likely N-dealkylation sites (tertiary alicyclic amines) is 1. The molecule has 25 heavy (non-hydrogen) atoms. The van der Waals surface area contributed by atoms with Crippen LogP contribution in [0.5, 0.6) is 0 Å². The Hall–Kier alpha value is -1.95. The molecule has 1 aliphatic carbocycles. The average molecular weight is 343 g/mol. The van der Waals surface area contributed by atoms with E-state index in [2.05, 4.69) is 4.98 Å². The molecular formula is C19H25N3O3. The van der Waals surface area contributed by atoms with E-state index in [1.54, 1.807) is 11.1 Å². The highest BCUT2D eigenvalue weighted by Gasteiger charge is 2.43. The number of hydrogen-bond donors (Lipinski definition) is 0. The Morgan fingerprint density at radius 1 is 1.32 bits per heavy atom. The van der Waals surface area contributed by atoms with Gasteiger partial charge in [0.15, 0.2) is 0 Å². The van der Waals surface area contributed by atoms with Crippen molar-refractivity contribution >= 4 is 11.8 Å². The number of aromatic nitrogens is 1. The second-order valence-electron chi connectivity index (χ2n) is 7.49. The lowest BCUT2D eigenvalue weighted by Crippen LogP contribution is -2.53. The molecule has 1 atom stereocenters. The number of nitrogens with zero attached hydrogens (tertiary/aromatic N) is 3. The number of amides is 2. The minimum absolute atomic E-state index is 0.0489. The molecule has 134 valence electrons. The molecule has 2 amide bonds. The first kappa shape index (κ1) is 16.5. The van der Waals surface area contributed by atoms with Crippen LogP contribution in [0.1, 0.15) is 37.8 Å². The third-order valence-electron chi connectivity index (χ3n) is 5.72. The van der Waals surface area contributed by atoms with E-state index in [9.17, 15) is 9.59 Å². The van der Waals surface area contributed by atoms with Crippen LogP contribution in [0, 0.1) is 5.92 Å². The monoisotopic (exact) mass is 343 g/mol. The van der Waals surface area contributed by atoms with E-state index in [-0.39, 0.29) is 23.3 Å². The number of hydrogen-bond acceptors (Lipinski definition) is 4. The van der Waals surface area contributed by atoms with Crippen LogP contribution >= 0.6 is 0 Å². The van der Waals surface area contributed by atoms with Crippen LogP contribution in [0.3, 0.4) is 0 Å². The molecule has 0 aromatic carbocycles. The predicted octanol–water partition coefficient (Wildman–Crippen LogP) is 1.60. The van der Waals surface area contributed by atoms with Crippen molar-refractivity contribution in [2.45, 2.75) is 44.2 Å². The molecule has 1 saturated carbocycles. The number of pyridine rings is 1. The smallest absolute Gasteiger partial charge is 0.228 e. The Kier molecular flexibility index (Phi) is 4.46. The van der Waals surface area contributed by atoms with Gasteiger partial charge in [-0.05, 0) is 25.0 Å². The maximum atomic E-state index is 13.0. The third-order valence-corrected chi connectivity index (χ3v) is 5.72. The summed E-state index contributed by atoms with van der Waals surface area (Å²) in [5.41, 5.74) is 0.740. The van der Waals surface area contributed by atoms with Crippen LogP contribution in [0.15, 0.2) is 24.4 Å². The van der Waals surface area contributed by atoms with Gasteiger partial charge in [0.1, 0.15) is 0 Å². The van der Waals surface area contributed by atoms with Crippen LogP contribution < -0.4 is 0 Å². The highest BCUT2D eigenvalue weighted by molar-refractivity contribution is 5.89. The lowest BCUT2D eigenvalue weighted by Gasteiger charge is -2.41. The van der Waals surface area contributed by atoms with Gasteiger partial charge in [-0.25, -0.2) is 0 Å². The normalized spacial score (nSPS) is 25.8. The summed E-state index contributed by atoms with van der Waals surface area (Å²) in [5.74, 6) is -0.0629. The SMILES string of the molecule is O=C1C[C@@H](C(=O)N2CCOC3(CCCC3)C2)CN1Cc1ccccn1. The molecule has 3 fully saturated rings. The van der Waals surface area contributed by atoms with Gasteiger partial charge in [0.2, 0.25) is 11.8 Å². The number of ether oxygens (including phenoxy) is 1. The molecule has 3 aliphatic rings. The molecule has 1 aromatic heterocycles. The van der Waals surface area contributed by atoms with Crippen molar-refractivity contribution in [3.05, 3.63) is 30.1 Å². The first-order valence-electron chi connectivity index (χ1n) is 9.26. The van der Waals surface area contributed by atoms with Crippen LogP contribution in [0.2, 0.25) is 0 Å². The lowest BCUT2D eigenvalue weighted by atomic mass is 9.98. The maximum absolute atomic E-state index is 13.0. The molecule has 1 spiro atoms. The Morgan fingerprint density at radius 3 is 2.92 bits per heavy atom. The minimum atomic E-state index is -0.229. The van der Waals surface area contributed by atoms with Gasteiger partial charge in [0.05, 0.1) is 30.4 Å². The molecule has 2 aliphatic heterocycles. The Balaban J connectivity index is 1.38. The molecule has 0 bridgehead atoms. The molecule has 6 nitrogen and oxygen atoms in total. The summed E-state index contributed by atoms with van der Waals surface area (Å²) in [4.78, 5) is 33.3.